The van der Waals surface area contributed by atoms with Crippen molar-refractivity contribution in [3.63, 3.8) is 0 Å². The van der Waals surface area contributed by atoms with Crippen molar-refractivity contribution in [2.45, 2.75) is 0 Å². The van der Waals surface area contributed by atoms with Crippen LogP contribution in [0.15, 0.2) is 0 Å². The quantitative estimate of drug-likeness (QED) is 0.536. The molecule has 11 heteroatoms. The fraction of sp³-hybridized carbons (Fsp3) is 0. The van der Waals surface area contributed by atoms with Crippen LogP contribution >= 0.6 is 0 Å². The Bertz CT molecular complexity index is 4.83. The van der Waals surface area contributed by atoms with Crippen LogP contribution in [0.3, 0.4) is 0 Å². The fourth-order valence-corrected chi connectivity index (χ4v) is 0. The SMILES string of the molecule is F.F.F.F.F.F.F.F.F.F.O. The minimum absolute atomic E-state index is 0. The average Bonchev–Trinajstić information content (AvgIpc) is 0. The summed E-state index contributed by atoms with van der Waals surface area (Å²) in [6.45, 7) is 0. The summed E-state index contributed by atoms with van der Waals surface area (Å²) >= 11 is 0. The second kappa shape index (κ2) is 1150. The van der Waals surface area contributed by atoms with Gasteiger partial charge in [-0.05, 0) is 0 Å². The third-order valence-corrected chi connectivity index (χ3v) is 0. The van der Waals surface area contributed by atoms with Gasteiger partial charge in [0.1, 0.15) is 0 Å². The number of halogens is 10. The lowest BCUT2D eigenvalue weighted by molar-refractivity contribution is 0.824. The summed E-state index contributed by atoms with van der Waals surface area (Å²) in [5.41, 5.74) is 0. The molecule has 0 amide bonds. The molecule has 0 radical (unpaired) electrons. The number of hydrogen-bond donors (Lipinski definition) is 0. The smallest absolute Gasteiger partial charge is 0.269 e. The molecule has 0 saturated heterocycles. The molecule has 0 fully saturated rings. The van der Waals surface area contributed by atoms with Crippen molar-refractivity contribution in [3.05, 3.63) is 0 Å². The Morgan fingerprint density at radius 2 is 0.182 bits per heavy atom. The zero-order valence-corrected chi connectivity index (χ0v) is 4.58. The highest BCUT2D eigenvalue weighted by Crippen LogP contribution is 0.429. The van der Waals surface area contributed by atoms with E-state index in [1.807, 2.05) is 0 Å². The highest BCUT2D eigenvalue weighted by atomic mass is 19.0. The Hall–Kier alpha value is -0.740. The van der Waals surface area contributed by atoms with Crippen molar-refractivity contribution >= 4 is 0 Å². The monoisotopic (exact) mass is 218 g/mol. The molecule has 0 rings (SSSR count). The Morgan fingerprint density at radius 1 is 0.182 bits per heavy atom. The lowest BCUT2D eigenvalue weighted by Gasteiger charge is -0.412. The summed E-state index contributed by atoms with van der Waals surface area (Å²) in [5, 5.41) is 0. The molecule has 0 aromatic carbocycles. The molecule has 0 atom stereocenters. The zero-order valence-electron chi connectivity index (χ0n) is 4.58. The van der Waals surface area contributed by atoms with Gasteiger partial charge in [0.15, 0.2) is 0 Å². The fourth-order valence-electron chi connectivity index (χ4n) is 0. The Morgan fingerprint density at radius 3 is 0.182 bits per heavy atom. The normalized spacial score (nSPS) is 0. The first-order valence-electron chi connectivity index (χ1n) is 0. The average molecular weight is 218 g/mol. The third-order valence-electron chi connectivity index (χ3n) is 0. The van der Waals surface area contributed by atoms with Crippen molar-refractivity contribution in [2.75, 3.05) is 0 Å². The van der Waals surface area contributed by atoms with E-state index in [4.69, 9.17) is 0 Å². The summed E-state index contributed by atoms with van der Waals surface area (Å²) in [7, 11) is 0. The second-order valence-electron chi connectivity index (χ2n) is 0. The molecular formula is H12F10O. The van der Waals surface area contributed by atoms with Crippen LogP contribution in [0, 0.1) is 0 Å². The van der Waals surface area contributed by atoms with Gasteiger partial charge < -0.3 is 5.48 Å². The maximum absolute atomic E-state index is 0. The molecule has 0 heterocycles. The molecule has 88 valence electrons. The predicted molar refractivity (Wildman–Crippen MR) is 28.6 cm³/mol. The van der Waals surface area contributed by atoms with Crippen LogP contribution in [0.4, 0.5) is 47.0 Å². The highest BCUT2D eigenvalue weighted by Gasteiger charge is -0.260. The largest absolute Gasteiger partial charge is 0.412 e. The van der Waals surface area contributed by atoms with Crippen molar-refractivity contribution in [3.8, 4) is 0 Å². The van der Waals surface area contributed by atoms with Crippen LogP contribution in [0.2, 0.25) is 0 Å². The summed E-state index contributed by atoms with van der Waals surface area (Å²) < 4.78 is 0. The van der Waals surface area contributed by atoms with Crippen molar-refractivity contribution < 1.29 is 52.5 Å². The topological polar surface area (TPSA) is 31.5 Å². The number of rotatable bonds is 0. The molecule has 0 aromatic rings. The van der Waals surface area contributed by atoms with Crippen molar-refractivity contribution in [1.82, 2.24) is 0 Å². The van der Waals surface area contributed by atoms with E-state index in [2.05, 4.69) is 0 Å². The molecule has 0 bridgehead atoms. The molecule has 0 saturated carbocycles. The van der Waals surface area contributed by atoms with Gasteiger partial charge in [-0.2, -0.15) is 0 Å². The molecule has 0 aromatic heterocycles. The van der Waals surface area contributed by atoms with Gasteiger partial charge in [0.05, 0.1) is 0 Å². The van der Waals surface area contributed by atoms with Crippen LogP contribution in [-0.2, 0) is 0 Å². The van der Waals surface area contributed by atoms with Gasteiger partial charge in [-0.25, -0.2) is 0 Å². The first-order valence-corrected chi connectivity index (χ1v) is 0. The maximum atomic E-state index is 0. The van der Waals surface area contributed by atoms with Crippen LogP contribution in [0.5, 0.6) is 0 Å². The first kappa shape index (κ1) is 1610. The van der Waals surface area contributed by atoms with E-state index in [1.165, 1.54) is 0 Å². The molecule has 11 heavy (non-hydrogen) atoms. The molecule has 0 aliphatic rings. The van der Waals surface area contributed by atoms with Crippen molar-refractivity contribution in [2.24, 2.45) is 0 Å². The van der Waals surface area contributed by atoms with E-state index < -0.39 is 0 Å². The van der Waals surface area contributed by atoms with Gasteiger partial charge in [0.2, 0.25) is 0 Å². The lowest BCUT2D eigenvalue weighted by atomic mass is 16.0. The van der Waals surface area contributed by atoms with E-state index in [1.54, 1.807) is 0 Å². The van der Waals surface area contributed by atoms with Crippen molar-refractivity contribution in [1.29, 1.82) is 0 Å². The molecule has 0 unspecified atom stereocenters. The van der Waals surface area contributed by atoms with Crippen LogP contribution in [0.25, 0.3) is 0 Å². The van der Waals surface area contributed by atoms with Crippen LogP contribution in [0.1, 0.15) is 0 Å². The van der Waals surface area contributed by atoms with E-state index in [9.17, 15) is 0 Å². The minimum Gasteiger partial charge on any atom is -0.412 e. The number of hydrogen-bond acceptors (Lipinski definition) is 0. The minimum atomic E-state index is 0. The van der Waals surface area contributed by atoms with Crippen LogP contribution in [-0.4, -0.2) is 5.48 Å². The third kappa shape index (κ3) is 891. The molecule has 2 N–H and O–H groups in total. The maximum Gasteiger partial charge on any atom is -0.269 e. The summed E-state index contributed by atoms with van der Waals surface area (Å²) in [6, 6.07) is 0. The van der Waals surface area contributed by atoms with Gasteiger partial charge in [0, 0.05) is 0 Å². The standard InChI is InChI=1S/10FH.H2O/h10*1H;1H2. The van der Waals surface area contributed by atoms with Gasteiger partial charge in [-0.1, -0.05) is 0 Å². The first-order chi connectivity index (χ1) is 0. The van der Waals surface area contributed by atoms with E-state index in [0.29, 0.717) is 0 Å². The van der Waals surface area contributed by atoms with Gasteiger partial charge in [-0.15, -0.1) is 0 Å². The summed E-state index contributed by atoms with van der Waals surface area (Å²) in [6.07, 6.45) is 0. The van der Waals surface area contributed by atoms with E-state index in [0.717, 1.165) is 0 Å². The summed E-state index contributed by atoms with van der Waals surface area (Å²) in [5.74, 6) is 0. The molecule has 0 spiro atoms. The molecule has 0 aliphatic carbocycles. The van der Waals surface area contributed by atoms with Gasteiger partial charge >= 0.3 is 0 Å². The zero-order chi connectivity index (χ0) is 0. The Kier molecular flexibility index (Phi) is 169000. The van der Waals surface area contributed by atoms with Gasteiger partial charge in [0.25, 0.3) is 0 Å². The predicted octanol–water partition coefficient (Wildman–Crippen LogP) is 0.700. The Balaban J connectivity index is 0. The lowest BCUT2D eigenvalue weighted by Crippen LogP contribution is -0.289. The second-order valence-corrected chi connectivity index (χ2v) is 0. The highest BCUT2D eigenvalue weighted by molar-refractivity contribution is 1.12. The molecular weight excluding hydrogens is 206 g/mol. The summed E-state index contributed by atoms with van der Waals surface area (Å²) in [4.78, 5) is 0. The Labute approximate surface area is 54.1 Å². The van der Waals surface area contributed by atoms with E-state index >= 15 is 0 Å². The van der Waals surface area contributed by atoms with Crippen LogP contribution < -0.4 is 0 Å². The molecule has 1 nitrogen and oxygen atoms in total. The van der Waals surface area contributed by atoms with E-state index in [-0.39, 0.29) is 52.5 Å². The molecule has 0 aliphatic heterocycles. The van der Waals surface area contributed by atoms with Gasteiger partial charge in [-0.3, -0.25) is 47.0 Å².